The molecule has 0 aliphatic carbocycles. The number of rotatable bonds is 8. The molecule has 0 unspecified atom stereocenters. The molecule has 0 saturated carbocycles. The summed E-state index contributed by atoms with van der Waals surface area (Å²) in [7, 11) is -3.62. The van der Waals surface area contributed by atoms with Gasteiger partial charge < -0.3 is 15.4 Å². The number of hydrogen-bond donors (Lipinski definition) is 2. The highest BCUT2D eigenvalue weighted by atomic mass is 35.5. The third-order valence-electron chi connectivity index (χ3n) is 5.09. The summed E-state index contributed by atoms with van der Waals surface area (Å²) in [5.41, 5.74) is 1.03. The van der Waals surface area contributed by atoms with Gasteiger partial charge in [0.25, 0.3) is 0 Å². The van der Waals surface area contributed by atoms with E-state index in [1.165, 1.54) is 22.5 Å². The Labute approximate surface area is 188 Å². The van der Waals surface area contributed by atoms with Crippen LogP contribution in [0.4, 0.5) is 11.4 Å². The van der Waals surface area contributed by atoms with Crippen LogP contribution in [-0.2, 0) is 14.8 Å². The number of carbonyl (C=O) groups excluding carboxylic acids is 1. The number of anilines is 2. The van der Waals surface area contributed by atoms with E-state index in [-0.39, 0.29) is 21.5 Å². The van der Waals surface area contributed by atoms with Crippen LogP contribution in [0.25, 0.3) is 0 Å². The first kappa shape index (κ1) is 23.4. The van der Waals surface area contributed by atoms with Gasteiger partial charge in [-0.15, -0.1) is 0 Å². The van der Waals surface area contributed by atoms with Crippen LogP contribution in [0.3, 0.4) is 0 Å². The second kappa shape index (κ2) is 10.3. The molecule has 3 rings (SSSR count). The highest BCUT2D eigenvalue weighted by molar-refractivity contribution is 7.89. The fourth-order valence-corrected chi connectivity index (χ4v) is 5.09. The summed E-state index contributed by atoms with van der Waals surface area (Å²) in [5.74, 6) is 0.423. The molecule has 1 saturated heterocycles. The van der Waals surface area contributed by atoms with Crippen molar-refractivity contribution in [2.45, 2.75) is 44.0 Å². The first-order valence-electron chi connectivity index (χ1n) is 10.4. The second-order valence-electron chi connectivity index (χ2n) is 7.42. The summed E-state index contributed by atoms with van der Waals surface area (Å²) < 4.78 is 32.8. The van der Waals surface area contributed by atoms with Crippen LogP contribution in [0.5, 0.6) is 5.75 Å². The van der Waals surface area contributed by atoms with Crippen LogP contribution in [0.15, 0.2) is 47.4 Å². The van der Waals surface area contributed by atoms with Crippen molar-refractivity contribution in [1.29, 1.82) is 0 Å². The Hall–Kier alpha value is -2.29. The molecule has 0 bridgehead atoms. The minimum absolute atomic E-state index is 0.126. The monoisotopic (exact) mass is 465 g/mol. The largest absolute Gasteiger partial charge is 0.494 e. The lowest BCUT2D eigenvalue weighted by atomic mass is 10.2. The molecule has 0 aromatic heterocycles. The molecule has 2 aromatic carbocycles. The molecule has 0 radical (unpaired) electrons. The van der Waals surface area contributed by atoms with Gasteiger partial charge >= 0.3 is 0 Å². The summed E-state index contributed by atoms with van der Waals surface area (Å²) >= 11 is 6.23. The van der Waals surface area contributed by atoms with Crippen molar-refractivity contribution in [1.82, 2.24) is 4.31 Å². The van der Waals surface area contributed by atoms with E-state index in [0.29, 0.717) is 19.7 Å². The molecule has 1 atom stereocenters. The highest BCUT2D eigenvalue weighted by Gasteiger charge is 2.27. The van der Waals surface area contributed by atoms with Crippen molar-refractivity contribution in [3.8, 4) is 5.75 Å². The molecule has 2 aromatic rings. The van der Waals surface area contributed by atoms with Crippen molar-refractivity contribution < 1.29 is 17.9 Å². The van der Waals surface area contributed by atoms with Gasteiger partial charge in [0.1, 0.15) is 11.8 Å². The van der Waals surface area contributed by atoms with Gasteiger partial charge in [0.2, 0.25) is 15.9 Å². The zero-order chi connectivity index (χ0) is 22.4. The van der Waals surface area contributed by atoms with Crippen LogP contribution in [-0.4, -0.2) is 44.4 Å². The van der Waals surface area contributed by atoms with Gasteiger partial charge in [0.15, 0.2) is 0 Å². The molecule has 168 valence electrons. The summed E-state index contributed by atoms with van der Waals surface area (Å²) in [6.07, 6.45) is 2.74. The van der Waals surface area contributed by atoms with Gasteiger partial charge in [-0.25, -0.2) is 8.42 Å². The van der Waals surface area contributed by atoms with E-state index in [4.69, 9.17) is 16.3 Å². The van der Waals surface area contributed by atoms with Gasteiger partial charge in [-0.3, -0.25) is 4.79 Å². The number of carbonyl (C=O) groups is 1. The minimum atomic E-state index is -3.62. The molecule has 1 aliphatic rings. The number of sulfonamides is 1. The molecule has 1 amide bonds. The van der Waals surface area contributed by atoms with Crippen LogP contribution in [0.2, 0.25) is 5.02 Å². The lowest BCUT2D eigenvalue weighted by Crippen LogP contribution is -2.35. The number of hydrogen-bond acceptors (Lipinski definition) is 5. The number of nitrogens with zero attached hydrogens (tertiary/aromatic N) is 1. The van der Waals surface area contributed by atoms with E-state index in [1.54, 1.807) is 6.92 Å². The van der Waals surface area contributed by atoms with E-state index in [0.717, 1.165) is 30.7 Å². The Morgan fingerprint density at radius 3 is 2.45 bits per heavy atom. The number of piperidine rings is 1. The number of amides is 1. The second-order valence-corrected chi connectivity index (χ2v) is 9.76. The van der Waals surface area contributed by atoms with Gasteiger partial charge in [0.05, 0.1) is 22.2 Å². The summed E-state index contributed by atoms with van der Waals surface area (Å²) in [6, 6.07) is 11.1. The number of ether oxygens (including phenoxy) is 1. The number of nitrogens with one attached hydrogen (secondary N) is 2. The molecule has 1 heterocycles. The van der Waals surface area contributed by atoms with Crippen molar-refractivity contribution in [2.24, 2.45) is 0 Å². The topological polar surface area (TPSA) is 87.7 Å². The predicted octanol–water partition coefficient (Wildman–Crippen LogP) is 4.35. The quantitative estimate of drug-likeness (QED) is 0.605. The van der Waals surface area contributed by atoms with Crippen LogP contribution >= 0.6 is 11.6 Å². The lowest BCUT2D eigenvalue weighted by molar-refractivity contribution is -0.116. The molecule has 9 heteroatoms. The van der Waals surface area contributed by atoms with Crippen molar-refractivity contribution in [2.75, 3.05) is 30.3 Å². The summed E-state index contributed by atoms with van der Waals surface area (Å²) in [4.78, 5) is 12.8. The average Bonchev–Trinajstić information content (AvgIpc) is 2.77. The maximum atomic E-state index is 12.9. The predicted molar refractivity (Wildman–Crippen MR) is 123 cm³/mol. The maximum absolute atomic E-state index is 12.9. The van der Waals surface area contributed by atoms with Gasteiger partial charge in [-0.1, -0.05) is 18.0 Å². The third kappa shape index (κ3) is 5.90. The van der Waals surface area contributed by atoms with E-state index >= 15 is 0 Å². The SMILES string of the molecule is CCOc1ccc(N[C@@H](C)C(=O)Nc2cc(S(=O)(=O)N3CCCCC3)ccc2Cl)cc1. The zero-order valence-electron chi connectivity index (χ0n) is 17.7. The van der Waals surface area contributed by atoms with Crippen molar-refractivity contribution >= 4 is 38.9 Å². The molecule has 0 spiro atoms. The fourth-order valence-electron chi connectivity index (χ4n) is 3.39. The maximum Gasteiger partial charge on any atom is 0.246 e. The molecule has 2 N–H and O–H groups in total. The van der Waals surface area contributed by atoms with Gasteiger partial charge in [0, 0.05) is 18.8 Å². The van der Waals surface area contributed by atoms with E-state index in [2.05, 4.69) is 10.6 Å². The Balaban J connectivity index is 1.69. The van der Waals surface area contributed by atoms with E-state index < -0.39 is 16.1 Å². The standard InChI is InChI=1S/C22H28ClN3O4S/c1-3-30-18-9-7-17(8-10-18)24-16(2)22(27)25-21-15-19(11-12-20(21)23)31(28,29)26-13-5-4-6-14-26/h7-12,15-16,24H,3-6,13-14H2,1-2H3,(H,25,27)/t16-/m0/s1. The van der Waals surface area contributed by atoms with Crippen molar-refractivity contribution in [3.63, 3.8) is 0 Å². The first-order chi connectivity index (χ1) is 14.8. The Bertz CT molecular complexity index is 1010. The Kier molecular flexibility index (Phi) is 7.80. The average molecular weight is 466 g/mol. The van der Waals surface area contributed by atoms with E-state index in [1.807, 2.05) is 31.2 Å². The minimum Gasteiger partial charge on any atom is -0.494 e. The lowest BCUT2D eigenvalue weighted by Gasteiger charge is -2.26. The molecule has 7 nitrogen and oxygen atoms in total. The normalized spacial score (nSPS) is 15.8. The van der Waals surface area contributed by atoms with Gasteiger partial charge in [-0.2, -0.15) is 4.31 Å². The number of benzene rings is 2. The fraction of sp³-hybridized carbons (Fsp3) is 0.409. The van der Waals surface area contributed by atoms with Crippen LogP contribution < -0.4 is 15.4 Å². The van der Waals surface area contributed by atoms with Gasteiger partial charge in [-0.05, 0) is 69.2 Å². The number of halogens is 1. The van der Waals surface area contributed by atoms with Crippen LogP contribution in [0.1, 0.15) is 33.1 Å². The van der Waals surface area contributed by atoms with Crippen LogP contribution in [0, 0.1) is 0 Å². The third-order valence-corrected chi connectivity index (χ3v) is 7.31. The van der Waals surface area contributed by atoms with Crippen molar-refractivity contribution in [3.05, 3.63) is 47.5 Å². The van der Waals surface area contributed by atoms with E-state index in [9.17, 15) is 13.2 Å². The molecular weight excluding hydrogens is 438 g/mol. The molecular formula is C22H28ClN3O4S. The molecule has 1 aliphatic heterocycles. The smallest absolute Gasteiger partial charge is 0.246 e. The first-order valence-corrected chi connectivity index (χ1v) is 12.2. The summed E-state index contributed by atoms with van der Waals surface area (Å²) in [6.45, 7) is 5.23. The molecule has 1 fully saturated rings. The molecule has 31 heavy (non-hydrogen) atoms. The summed E-state index contributed by atoms with van der Waals surface area (Å²) in [5, 5.41) is 6.12. The Morgan fingerprint density at radius 2 is 1.81 bits per heavy atom. The zero-order valence-corrected chi connectivity index (χ0v) is 19.3. The highest BCUT2D eigenvalue weighted by Crippen LogP contribution is 2.28. The Morgan fingerprint density at radius 1 is 1.13 bits per heavy atom.